The first kappa shape index (κ1) is 19.0. The Hall–Kier alpha value is -3.82. The highest BCUT2D eigenvalue weighted by Gasteiger charge is 2.10. The van der Waals surface area contributed by atoms with Gasteiger partial charge in [0.2, 0.25) is 11.7 Å². The Kier molecular flexibility index (Phi) is 5.90. The summed E-state index contributed by atoms with van der Waals surface area (Å²) in [6.45, 7) is 2.79. The van der Waals surface area contributed by atoms with E-state index < -0.39 is 4.92 Å². The van der Waals surface area contributed by atoms with Gasteiger partial charge in [-0.1, -0.05) is 24.3 Å². The molecule has 0 bridgehead atoms. The smallest absolute Gasteiger partial charge is 0.269 e. The van der Waals surface area contributed by atoms with Crippen molar-refractivity contribution >= 4 is 17.3 Å². The summed E-state index contributed by atoms with van der Waals surface area (Å²) >= 11 is 0. The fourth-order valence-electron chi connectivity index (χ4n) is 2.54. The SMILES string of the molecule is Cc1ccccc1-c1nnn(CC(=O)NCCNc2ccc([N+](=O)[O-])cc2)n1. The van der Waals surface area contributed by atoms with E-state index in [0.29, 0.717) is 18.9 Å². The highest BCUT2D eigenvalue weighted by molar-refractivity contribution is 5.75. The zero-order chi connectivity index (χ0) is 19.9. The fourth-order valence-corrected chi connectivity index (χ4v) is 2.54. The number of tetrazole rings is 1. The maximum atomic E-state index is 12.0. The molecule has 0 unspecified atom stereocenters. The number of hydrogen-bond acceptors (Lipinski definition) is 7. The predicted molar refractivity (Wildman–Crippen MR) is 103 cm³/mol. The van der Waals surface area contributed by atoms with E-state index in [2.05, 4.69) is 26.0 Å². The van der Waals surface area contributed by atoms with Gasteiger partial charge < -0.3 is 10.6 Å². The molecule has 3 rings (SSSR count). The Bertz CT molecular complexity index is 969. The number of anilines is 1. The molecule has 0 aliphatic carbocycles. The number of nitro groups is 1. The molecular weight excluding hydrogens is 362 g/mol. The lowest BCUT2D eigenvalue weighted by molar-refractivity contribution is -0.384. The molecule has 0 saturated heterocycles. The molecule has 10 nitrogen and oxygen atoms in total. The largest absolute Gasteiger partial charge is 0.383 e. The number of nitro benzene ring substituents is 1. The minimum atomic E-state index is -0.452. The van der Waals surface area contributed by atoms with Gasteiger partial charge in [0, 0.05) is 36.5 Å². The first-order chi connectivity index (χ1) is 13.5. The number of nitrogens with zero attached hydrogens (tertiary/aromatic N) is 5. The average molecular weight is 381 g/mol. The van der Waals surface area contributed by atoms with Crippen molar-refractivity contribution in [2.45, 2.75) is 13.5 Å². The van der Waals surface area contributed by atoms with Crippen molar-refractivity contribution in [3.05, 3.63) is 64.2 Å². The van der Waals surface area contributed by atoms with Gasteiger partial charge in [-0.25, -0.2) is 0 Å². The number of non-ortho nitro benzene ring substituents is 1. The quantitative estimate of drug-likeness (QED) is 0.346. The first-order valence-electron chi connectivity index (χ1n) is 8.62. The molecule has 144 valence electrons. The molecule has 0 radical (unpaired) electrons. The molecule has 2 aromatic carbocycles. The van der Waals surface area contributed by atoms with E-state index in [4.69, 9.17) is 0 Å². The van der Waals surface area contributed by atoms with Crippen LogP contribution in [-0.2, 0) is 11.3 Å². The standard InChI is InChI=1S/C18H19N7O3/c1-13-4-2-3-5-16(13)18-21-23-24(22-18)12-17(26)20-11-10-19-14-6-8-15(9-7-14)25(27)28/h2-9,19H,10-12H2,1H3,(H,20,26). The molecule has 1 aromatic heterocycles. The number of hydrogen-bond donors (Lipinski definition) is 2. The first-order valence-corrected chi connectivity index (χ1v) is 8.62. The van der Waals surface area contributed by atoms with E-state index in [9.17, 15) is 14.9 Å². The topological polar surface area (TPSA) is 128 Å². The molecule has 0 spiro atoms. The van der Waals surface area contributed by atoms with Crippen LogP contribution in [0.5, 0.6) is 0 Å². The predicted octanol–water partition coefficient (Wildman–Crippen LogP) is 1.79. The summed E-state index contributed by atoms with van der Waals surface area (Å²) in [5.41, 5.74) is 2.68. The molecular formula is C18H19N7O3. The second kappa shape index (κ2) is 8.71. The monoisotopic (exact) mass is 381 g/mol. The van der Waals surface area contributed by atoms with Gasteiger partial charge in [0.1, 0.15) is 6.54 Å². The number of nitrogens with one attached hydrogen (secondary N) is 2. The van der Waals surface area contributed by atoms with E-state index >= 15 is 0 Å². The number of carbonyl (C=O) groups excluding carboxylic acids is 1. The maximum Gasteiger partial charge on any atom is 0.269 e. The van der Waals surface area contributed by atoms with Gasteiger partial charge in [0.15, 0.2) is 0 Å². The average Bonchev–Trinajstić information content (AvgIpc) is 3.14. The van der Waals surface area contributed by atoms with Gasteiger partial charge >= 0.3 is 0 Å². The lowest BCUT2D eigenvalue weighted by Gasteiger charge is -2.07. The van der Waals surface area contributed by atoms with E-state index in [1.807, 2.05) is 31.2 Å². The van der Waals surface area contributed by atoms with Crippen molar-refractivity contribution in [1.29, 1.82) is 0 Å². The zero-order valence-electron chi connectivity index (χ0n) is 15.2. The highest BCUT2D eigenvalue weighted by atomic mass is 16.6. The summed E-state index contributed by atoms with van der Waals surface area (Å²) in [6.07, 6.45) is 0. The van der Waals surface area contributed by atoms with E-state index in [0.717, 1.165) is 16.8 Å². The summed E-state index contributed by atoms with van der Waals surface area (Å²) in [5, 5.41) is 28.6. The molecule has 1 heterocycles. The number of rotatable bonds is 8. The van der Waals surface area contributed by atoms with Gasteiger partial charge in [-0.2, -0.15) is 4.80 Å². The van der Waals surface area contributed by atoms with Gasteiger partial charge in [0.05, 0.1) is 4.92 Å². The summed E-state index contributed by atoms with van der Waals surface area (Å²) in [6, 6.07) is 13.8. The van der Waals surface area contributed by atoms with Gasteiger partial charge in [-0.3, -0.25) is 14.9 Å². The van der Waals surface area contributed by atoms with E-state index in [1.54, 1.807) is 12.1 Å². The van der Waals surface area contributed by atoms with Gasteiger partial charge in [-0.05, 0) is 29.8 Å². The third kappa shape index (κ3) is 4.87. The van der Waals surface area contributed by atoms with Gasteiger partial charge in [0.25, 0.3) is 5.69 Å². The zero-order valence-corrected chi connectivity index (χ0v) is 15.2. The second-order valence-corrected chi connectivity index (χ2v) is 6.04. The number of benzene rings is 2. The Morgan fingerprint density at radius 1 is 1.14 bits per heavy atom. The molecule has 1 amide bonds. The molecule has 0 atom stereocenters. The van der Waals surface area contributed by atoms with Crippen LogP contribution in [0.4, 0.5) is 11.4 Å². The van der Waals surface area contributed by atoms with E-state index in [-0.39, 0.29) is 18.1 Å². The van der Waals surface area contributed by atoms with Crippen molar-refractivity contribution < 1.29 is 9.72 Å². The molecule has 0 saturated carbocycles. The van der Waals surface area contributed by atoms with Crippen LogP contribution in [0.1, 0.15) is 5.56 Å². The number of aromatic nitrogens is 4. The lowest BCUT2D eigenvalue weighted by Crippen LogP contribution is -2.32. The lowest BCUT2D eigenvalue weighted by atomic mass is 10.1. The van der Waals surface area contributed by atoms with Crippen LogP contribution in [0, 0.1) is 17.0 Å². The molecule has 28 heavy (non-hydrogen) atoms. The number of amides is 1. The number of carbonyl (C=O) groups is 1. The van der Waals surface area contributed by atoms with Crippen LogP contribution in [0.3, 0.4) is 0 Å². The van der Waals surface area contributed by atoms with Crippen LogP contribution in [0.2, 0.25) is 0 Å². The molecule has 0 aliphatic heterocycles. The molecule has 10 heteroatoms. The van der Waals surface area contributed by atoms with Crippen LogP contribution < -0.4 is 10.6 Å². The Labute approximate surface area is 160 Å². The second-order valence-electron chi connectivity index (χ2n) is 6.04. The van der Waals surface area contributed by atoms with Crippen molar-refractivity contribution in [2.75, 3.05) is 18.4 Å². The third-order valence-corrected chi connectivity index (χ3v) is 3.98. The van der Waals surface area contributed by atoms with Crippen LogP contribution in [-0.4, -0.2) is 44.1 Å². The summed E-state index contributed by atoms with van der Waals surface area (Å²) in [7, 11) is 0. The minimum absolute atomic E-state index is 0.0313. The summed E-state index contributed by atoms with van der Waals surface area (Å²) < 4.78 is 0. The van der Waals surface area contributed by atoms with Gasteiger partial charge in [-0.15, -0.1) is 10.2 Å². The maximum absolute atomic E-state index is 12.0. The highest BCUT2D eigenvalue weighted by Crippen LogP contribution is 2.17. The van der Waals surface area contributed by atoms with Crippen molar-refractivity contribution in [1.82, 2.24) is 25.5 Å². The normalized spacial score (nSPS) is 10.5. The fraction of sp³-hybridized carbons (Fsp3) is 0.222. The third-order valence-electron chi connectivity index (χ3n) is 3.98. The molecule has 0 aliphatic rings. The summed E-state index contributed by atoms with van der Waals surface area (Å²) in [4.78, 5) is 23.4. The molecule has 2 N–H and O–H groups in total. The molecule has 0 fully saturated rings. The molecule has 3 aromatic rings. The van der Waals surface area contributed by atoms with E-state index in [1.165, 1.54) is 16.9 Å². The number of aryl methyl sites for hydroxylation is 1. The van der Waals surface area contributed by atoms with Crippen LogP contribution >= 0.6 is 0 Å². The van der Waals surface area contributed by atoms with Crippen molar-refractivity contribution in [2.24, 2.45) is 0 Å². The minimum Gasteiger partial charge on any atom is -0.383 e. The van der Waals surface area contributed by atoms with Crippen LogP contribution in [0.15, 0.2) is 48.5 Å². The Morgan fingerprint density at radius 3 is 2.61 bits per heavy atom. The summed E-state index contributed by atoms with van der Waals surface area (Å²) in [5.74, 6) is 0.241. The van der Waals surface area contributed by atoms with Crippen molar-refractivity contribution in [3.8, 4) is 11.4 Å². The Balaban J connectivity index is 1.44. The van der Waals surface area contributed by atoms with Crippen LogP contribution in [0.25, 0.3) is 11.4 Å². The van der Waals surface area contributed by atoms with Crippen molar-refractivity contribution in [3.63, 3.8) is 0 Å². The Morgan fingerprint density at radius 2 is 1.89 bits per heavy atom.